The van der Waals surface area contributed by atoms with Gasteiger partial charge in [-0.3, -0.25) is 14.4 Å². The molecule has 50 heavy (non-hydrogen) atoms. The zero-order valence-corrected chi connectivity index (χ0v) is 29.4. The van der Waals surface area contributed by atoms with Gasteiger partial charge in [-0.1, -0.05) is 63.3 Å². The number of carbonyl (C=O) groups excluding carboxylic acids is 4. The largest absolute Gasteiger partial charge is 0.497 e. The number of esters is 1. The summed E-state index contributed by atoms with van der Waals surface area (Å²) in [6, 6.07) is 15.3. The molecule has 6 rings (SSSR count). The molecule has 0 bridgehead atoms. The summed E-state index contributed by atoms with van der Waals surface area (Å²) >= 11 is 0. The van der Waals surface area contributed by atoms with E-state index in [9.17, 15) is 19.2 Å². The van der Waals surface area contributed by atoms with Crippen molar-refractivity contribution >= 4 is 34.6 Å². The summed E-state index contributed by atoms with van der Waals surface area (Å²) < 4.78 is 17.6. The lowest BCUT2D eigenvalue weighted by Crippen LogP contribution is -2.59. The van der Waals surface area contributed by atoms with Crippen LogP contribution < -0.4 is 20.1 Å². The van der Waals surface area contributed by atoms with Gasteiger partial charge in [0.1, 0.15) is 35.2 Å². The topological polar surface area (TPSA) is 136 Å². The summed E-state index contributed by atoms with van der Waals surface area (Å²) in [6.07, 6.45) is 5.30. The van der Waals surface area contributed by atoms with E-state index in [-0.39, 0.29) is 43.7 Å². The van der Waals surface area contributed by atoms with Crippen LogP contribution >= 0.6 is 0 Å². The maximum Gasteiger partial charge on any atom is 0.332 e. The van der Waals surface area contributed by atoms with Gasteiger partial charge >= 0.3 is 5.97 Å². The Labute approximate surface area is 292 Å². The molecule has 3 amide bonds. The normalized spacial score (nSPS) is 26.4. The molecule has 5 atom stereocenters. The van der Waals surface area contributed by atoms with E-state index in [2.05, 4.69) is 10.6 Å². The Bertz CT molecular complexity index is 1800. The maximum absolute atomic E-state index is 14.5. The lowest BCUT2D eigenvalue weighted by Gasteiger charge is -2.35. The molecule has 2 fully saturated rings. The quantitative estimate of drug-likeness (QED) is 0.275. The van der Waals surface area contributed by atoms with Gasteiger partial charge in [-0.15, -0.1) is 0 Å². The van der Waals surface area contributed by atoms with Gasteiger partial charge in [0.2, 0.25) is 17.7 Å². The molecule has 2 aliphatic heterocycles. The third-order valence-corrected chi connectivity index (χ3v) is 9.75. The van der Waals surface area contributed by atoms with Crippen LogP contribution in [0.1, 0.15) is 59.8 Å². The molecule has 1 aliphatic carbocycles. The number of aromatic nitrogens is 1. The van der Waals surface area contributed by atoms with Crippen LogP contribution in [-0.4, -0.2) is 77.6 Å². The molecule has 2 aromatic carbocycles. The van der Waals surface area contributed by atoms with Crippen LogP contribution in [0.15, 0.2) is 66.7 Å². The van der Waals surface area contributed by atoms with E-state index >= 15 is 0 Å². The molecule has 3 aliphatic rings. The predicted molar refractivity (Wildman–Crippen MR) is 188 cm³/mol. The van der Waals surface area contributed by atoms with Crippen molar-refractivity contribution in [2.45, 2.75) is 83.5 Å². The van der Waals surface area contributed by atoms with Crippen LogP contribution in [0.5, 0.6) is 11.5 Å². The minimum Gasteiger partial charge on any atom is -0.497 e. The van der Waals surface area contributed by atoms with Crippen molar-refractivity contribution < 1.29 is 33.4 Å². The average molecular weight is 683 g/mol. The summed E-state index contributed by atoms with van der Waals surface area (Å²) in [5.74, 6) is -0.613. The molecule has 2 N–H and O–H groups in total. The highest BCUT2D eigenvalue weighted by molar-refractivity contribution is 5.97. The molecule has 11 nitrogen and oxygen atoms in total. The van der Waals surface area contributed by atoms with Crippen LogP contribution in [0.4, 0.5) is 0 Å². The Kier molecular flexibility index (Phi) is 9.87. The summed E-state index contributed by atoms with van der Waals surface area (Å²) in [4.78, 5) is 61.5. The predicted octanol–water partition coefficient (Wildman–Crippen LogP) is 4.97. The summed E-state index contributed by atoms with van der Waals surface area (Å²) in [6.45, 7) is 7.66. The van der Waals surface area contributed by atoms with Gasteiger partial charge in [0, 0.05) is 41.8 Å². The number of methoxy groups -OCH3 is 1. The van der Waals surface area contributed by atoms with E-state index in [1.165, 1.54) is 4.90 Å². The molecule has 1 saturated carbocycles. The molecule has 1 saturated heterocycles. The van der Waals surface area contributed by atoms with Crippen molar-refractivity contribution in [1.82, 2.24) is 20.5 Å². The third kappa shape index (κ3) is 7.18. The summed E-state index contributed by atoms with van der Waals surface area (Å²) in [5, 5.41) is 6.73. The van der Waals surface area contributed by atoms with Crippen LogP contribution in [0.2, 0.25) is 0 Å². The van der Waals surface area contributed by atoms with E-state index < -0.39 is 41.0 Å². The number of hydrogen-bond donors (Lipinski definition) is 2. The fourth-order valence-electron chi connectivity index (χ4n) is 6.91. The molecule has 0 spiro atoms. The SMILES string of the molecule is CCOC(=O)[C@]12C[C@@H]1/C=C\CCCC(=O)N[C@@H](C(C)(C)C)C(=O)N1C[C@H](Oc3cc(-c4ccccc4)nc4cc(OC)ccc34)CC1C(=O)N2. The van der Waals surface area contributed by atoms with E-state index in [0.29, 0.717) is 42.0 Å². The van der Waals surface area contributed by atoms with Crippen LogP contribution in [0.25, 0.3) is 22.2 Å². The number of allylic oxidation sites excluding steroid dienone is 1. The monoisotopic (exact) mass is 682 g/mol. The van der Waals surface area contributed by atoms with Gasteiger partial charge < -0.3 is 29.7 Å². The lowest BCUT2D eigenvalue weighted by molar-refractivity contribution is -0.150. The van der Waals surface area contributed by atoms with Gasteiger partial charge in [0.15, 0.2) is 0 Å². The van der Waals surface area contributed by atoms with Crippen LogP contribution in [0, 0.1) is 11.3 Å². The van der Waals surface area contributed by atoms with E-state index in [1.807, 2.05) is 87.5 Å². The molecule has 11 heteroatoms. The Morgan fingerprint density at radius 2 is 1.86 bits per heavy atom. The molecule has 1 aromatic heterocycles. The number of benzene rings is 2. The molecule has 1 unspecified atom stereocenters. The number of carbonyl (C=O) groups is 4. The zero-order chi connectivity index (χ0) is 35.6. The second-order valence-electron chi connectivity index (χ2n) is 14.4. The number of amides is 3. The molecule has 3 aromatic rings. The third-order valence-electron chi connectivity index (χ3n) is 9.75. The van der Waals surface area contributed by atoms with Crippen LogP contribution in [0.3, 0.4) is 0 Å². The van der Waals surface area contributed by atoms with Crippen molar-refractivity contribution in [2.75, 3.05) is 20.3 Å². The molecular weight excluding hydrogens is 636 g/mol. The fraction of sp³-hybridized carbons (Fsp3) is 0.462. The summed E-state index contributed by atoms with van der Waals surface area (Å²) in [7, 11) is 1.60. The molecule has 264 valence electrons. The van der Waals surface area contributed by atoms with Crippen molar-refractivity contribution in [3.05, 3.63) is 66.7 Å². The summed E-state index contributed by atoms with van der Waals surface area (Å²) in [5.41, 5.74) is 0.403. The van der Waals surface area contributed by atoms with Gasteiger partial charge in [0.05, 0.1) is 31.5 Å². The number of pyridine rings is 1. The van der Waals surface area contributed by atoms with Crippen LogP contribution in [-0.2, 0) is 23.9 Å². The van der Waals surface area contributed by atoms with E-state index in [0.717, 1.165) is 10.9 Å². The van der Waals surface area contributed by atoms with Crippen molar-refractivity contribution in [1.29, 1.82) is 0 Å². The Hall–Kier alpha value is -4.93. The first-order valence-electron chi connectivity index (χ1n) is 17.4. The lowest BCUT2D eigenvalue weighted by atomic mass is 9.85. The highest BCUT2D eigenvalue weighted by Gasteiger charge is 2.62. The minimum atomic E-state index is -1.21. The molecule has 0 radical (unpaired) electrons. The smallest absolute Gasteiger partial charge is 0.332 e. The van der Waals surface area contributed by atoms with Crippen molar-refractivity contribution in [3.63, 3.8) is 0 Å². The van der Waals surface area contributed by atoms with E-state index in [1.54, 1.807) is 14.0 Å². The first kappa shape index (κ1) is 34.9. The second kappa shape index (κ2) is 14.1. The minimum absolute atomic E-state index is 0.0930. The number of ether oxygens (including phenoxy) is 3. The van der Waals surface area contributed by atoms with Crippen molar-refractivity contribution in [3.8, 4) is 22.8 Å². The highest BCUT2D eigenvalue weighted by Crippen LogP contribution is 2.46. The van der Waals surface area contributed by atoms with Gasteiger partial charge in [-0.2, -0.15) is 0 Å². The number of nitrogens with one attached hydrogen (secondary N) is 2. The number of nitrogens with zero attached hydrogens (tertiary/aromatic N) is 2. The number of rotatable bonds is 6. The number of hydrogen-bond acceptors (Lipinski definition) is 8. The highest BCUT2D eigenvalue weighted by atomic mass is 16.5. The fourth-order valence-corrected chi connectivity index (χ4v) is 6.91. The second-order valence-corrected chi connectivity index (χ2v) is 14.4. The first-order valence-corrected chi connectivity index (χ1v) is 17.4. The first-order chi connectivity index (χ1) is 23.9. The van der Waals surface area contributed by atoms with Gasteiger partial charge in [0.25, 0.3) is 0 Å². The molecular formula is C39H46N4O7. The Morgan fingerprint density at radius 1 is 1.08 bits per heavy atom. The number of fused-ring (bicyclic) bond motifs is 3. The van der Waals surface area contributed by atoms with Gasteiger partial charge in [-0.25, -0.2) is 9.78 Å². The molecule has 3 heterocycles. The average Bonchev–Trinajstić information content (AvgIpc) is 3.62. The zero-order valence-electron chi connectivity index (χ0n) is 29.4. The van der Waals surface area contributed by atoms with E-state index in [4.69, 9.17) is 19.2 Å². The standard InChI is InChI=1S/C39H46N4O7/c1-6-49-37(47)39-22-25(39)15-11-8-12-16-33(44)41-34(38(2,3)4)36(46)43-23-27(20-31(43)35(45)42-39)50-32-21-29(24-13-9-7-10-14-24)40-30-19-26(48-5)17-18-28(30)32/h7,9-11,13-15,17-19,21,25,27,31,34H,6,8,12,16,20,22-23H2,1-5H3,(H,41,44)(H,42,45)/b15-11-/t25-,27+,31?,34+,39-/m0/s1. The van der Waals surface area contributed by atoms with Crippen molar-refractivity contribution in [2.24, 2.45) is 11.3 Å². The Balaban J connectivity index is 1.37. The maximum atomic E-state index is 14.5. The van der Waals surface area contributed by atoms with Gasteiger partial charge in [-0.05, 0) is 43.7 Å². The Morgan fingerprint density at radius 3 is 2.58 bits per heavy atom.